The predicted molar refractivity (Wildman–Crippen MR) is 70.0 cm³/mol. The highest BCUT2D eigenvalue weighted by Crippen LogP contribution is 2.46. The number of phenolic OH excluding ortho intramolecular Hbond substituents is 1. The summed E-state index contributed by atoms with van der Waals surface area (Å²) < 4.78 is 38.0. The van der Waals surface area contributed by atoms with E-state index in [2.05, 4.69) is 0 Å². The number of carbonyl (C=O) groups excluding carboxylic acids is 1. The van der Waals surface area contributed by atoms with Crippen LogP contribution in [0.1, 0.15) is 30.9 Å². The molecule has 1 aromatic rings. The Balaban J connectivity index is 1.96. The summed E-state index contributed by atoms with van der Waals surface area (Å²) in [6.07, 6.45) is -3.43. The van der Waals surface area contributed by atoms with Crippen molar-refractivity contribution in [2.45, 2.75) is 43.8 Å². The van der Waals surface area contributed by atoms with E-state index in [9.17, 15) is 23.1 Å². The summed E-state index contributed by atoms with van der Waals surface area (Å²) in [5, 5.41) is 9.63. The lowest BCUT2D eigenvalue weighted by molar-refractivity contribution is -0.190. The van der Waals surface area contributed by atoms with Gasteiger partial charge in [0, 0.05) is 12.6 Å². The zero-order valence-corrected chi connectivity index (χ0v) is 11.6. The van der Waals surface area contributed by atoms with Crippen LogP contribution in [0.2, 0.25) is 0 Å². The van der Waals surface area contributed by atoms with Crippen LogP contribution in [0.3, 0.4) is 0 Å². The summed E-state index contributed by atoms with van der Waals surface area (Å²) in [6, 6.07) is 4.57. The van der Waals surface area contributed by atoms with Crippen LogP contribution in [0.5, 0.6) is 5.75 Å². The normalized spacial score (nSPS) is 28.2. The Morgan fingerprint density at radius 3 is 2.81 bits per heavy atom. The van der Waals surface area contributed by atoms with Crippen LogP contribution in [0.15, 0.2) is 18.2 Å². The van der Waals surface area contributed by atoms with E-state index in [-0.39, 0.29) is 17.7 Å². The number of amides is 1. The van der Waals surface area contributed by atoms with Crippen molar-refractivity contribution in [3.63, 3.8) is 0 Å². The first kappa shape index (κ1) is 14.2. The van der Waals surface area contributed by atoms with Gasteiger partial charge in [0.05, 0.1) is 0 Å². The molecule has 1 N–H and O–H groups in total. The SMILES string of the molecule is C[C@]12CCN(C(=O)C(F)(F)F)[C@H](Cc3ccc(O)cc31)C2. The number of aromatic hydroxyl groups is 1. The van der Waals surface area contributed by atoms with Crippen LogP contribution in [0, 0.1) is 0 Å². The summed E-state index contributed by atoms with van der Waals surface area (Å²) in [7, 11) is 0. The molecule has 3 nitrogen and oxygen atoms in total. The molecule has 0 aromatic heterocycles. The largest absolute Gasteiger partial charge is 0.508 e. The van der Waals surface area contributed by atoms with E-state index in [0.29, 0.717) is 19.3 Å². The molecule has 1 aromatic carbocycles. The standard InChI is InChI=1S/C15H16F3NO2/c1-14-4-5-19(13(21)15(16,17)18)10(8-14)6-9-2-3-11(20)7-12(9)14/h2-3,7,10,20H,4-6,8H2,1H3/t10-,14-/m1/s1. The number of benzene rings is 1. The fourth-order valence-electron chi connectivity index (χ4n) is 3.70. The maximum absolute atomic E-state index is 12.7. The lowest BCUT2D eigenvalue weighted by Crippen LogP contribution is -2.57. The number of fused-ring (bicyclic) bond motifs is 4. The van der Waals surface area contributed by atoms with Gasteiger partial charge < -0.3 is 10.0 Å². The van der Waals surface area contributed by atoms with Crippen molar-refractivity contribution in [2.24, 2.45) is 0 Å². The van der Waals surface area contributed by atoms with Gasteiger partial charge in [0.25, 0.3) is 0 Å². The Morgan fingerprint density at radius 2 is 2.14 bits per heavy atom. The highest BCUT2D eigenvalue weighted by molar-refractivity contribution is 5.82. The molecule has 1 aliphatic heterocycles. The molecule has 1 saturated heterocycles. The average molecular weight is 299 g/mol. The van der Waals surface area contributed by atoms with Gasteiger partial charge in [-0.05, 0) is 47.9 Å². The van der Waals surface area contributed by atoms with Crippen molar-refractivity contribution in [1.29, 1.82) is 0 Å². The van der Waals surface area contributed by atoms with Gasteiger partial charge in [-0.3, -0.25) is 4.79 Å². The molecule has 0 saturated carbocycles. The Kier molecular flexibility index (Phi) is 2.97. The van der Waals surface area contributed by atoms with Crippen LogP contribution in [-0.2, 0) is 16.6 Å². The van der Waals surface area contributed by atoms with Crippen LogP contribution in [0.4, 0.5) is 13.2 Å². The molecule has 1 amide bonds. The van der Waals surface area contributed by atoms with E-state index < -0.39 is 18.1 Å². The van der Waals surface area contributed by atoms with Crippen LogP contribution in [-0.4, -0.2) is 34.7 Å². The molecule has 3 rings (SSSR count). The summed E-state index contributed by atoms with van der Waals surface area (Å²) in [4.78, 5) is 12.5. The van der Waals surface area contributed by atoms with E-state index in [1.165, 1.54) is 0 Å². The monoisotopic (exact) mass is 299 g/mol. The summed E-state index contributed by atoms with van der Waals surface area (Å²) in [5.74, 6) is -1.57. The van der Waals surface area contributed by atoms with E-state index in [1.54, 1.807) is 18.2 Å². The number of rotatable bonds is 0. The number of piperidine rings is 1. The molecule has 21 heavy (non-hydrogen) atoms. The third-order valence-corrected chi connectivity index (χ3v) is 4.73. The Labute approximate surface area is 120 Å². The van der Waals surface area contributed by atoms with Gasteiger partial charge in [-0.2, -0.15) is 13.2 Å². The molecule has 6 heteroatoms. The van der Waals surface area contributed by atoms with Gasteiger partial charge in [0.15, 0.2) is 0 Å². The van der Waals surface area contributed by atoms with Gasteiger partial charge >= 0.3 is 12.1 Å². The Morgan fingerprint density at radius 1 is 1.43 bits per heavy atom. The topological polar surface area (TPSA) is 40.5 Å². The maximum Gasteiger partial charge on any atom is 0.471 e. The lowest BCUT2D eigenvalue weighted by atomic mass is 9.65. The summed E-state index contributed by atoms with van der Waals surface area (Å²) >= 11 is 0. The second-order valence-corrected chi connectivity index (χ2v) is 6.21. The van der Waals surface area contributed by atoms with E-state index in [4.69, 9.17) is 0 Å². The molecule has 0 spiro atoms. The van der Waals surface area contributed by atoms with Gasteiger partial charge in [0.1, 0.15) is 5.75 Å². The molecule has 1 aliphatic carbocycles. The average Bonchev–Trinajstić information content (AvgIpc) is 2.38. The zero-order chi connectivity index (χ0) is 15.4. The summed E-state index contributed by atoms with van der Waals surface area (Å²) in [5.41, 5.74) is 1.64. The van der Waals surface area contributed by atoms with E-state index in [1.807, 2.05) is 6.92 Å². The minimum Gasteiger partial charge on any atom is -0.508 e. The first-order chi connectivity index (χ1) is 9.71. The first-order valence-electron chi connectivity index (χ1n) is 6.91. The van der Waals surface area contributed by atoms with Crippen molar-refractivity contribution < 1.29 is 23.1 Å². The minimum atomic E-state index is -4.82. The van der Waals surface area contributed by atoms with Crippen LogP contribution >= 0.6 is 0 Å². The molecule has 2 atom stereocenters. The number of likely N-dealkylation sites (tertiary alicyclic amines) is 1. The molecular weight excluding hydrogens is 283 g/mol. The number of carbonyl (C=O) groups is 1. The van der Waals surface area contributed by atoms with Gasteiger partial charge in [-0.25, -0.2) is 0 Å². The second kappa shape index (κ2) is 4.39. The molecule has 1 fully saturated rings. The van der Waals surface area contributed by atoms with Crippen molar-refractivity contribution in [3.8, 4) is 5.75 Å². The van der Waals surface area contributed by atoms with Crippen molar-refractivity contribution >= 4 is 5.91 Å². The van der Waals surface area contributed by atoms with Crippen LogP contribution in [0.25, 0.3) is 0 Å². The molecule has 0 radical (unpaired) electrons. The number of nitrogens with zero attached hydrogens (tertiary/aromatic N) is 1. The molecule has 0 unspecified atom stereocenters. The van der Waals surface area contributed by atoms with Gasteiger partial charge in [-0.15, -0.1) is 0 Å². The maximum atomic E-state index is 12.7. The zero-order valence-electron chi connectivity index (χ0n) is 11.6. The van der Waals surface area contributed by atoms with Crippen molar-refractivity contribution in [3.05, 3.63) is 29.3 Å². The van der Waals surface area contributed by atoms with E-state index in [0.717, 1.165) is 16.0 Å². The number of phenols is 1. The molecular formula is C15H16F3NO2. The third kappa shape index (κ3) is 2.26. The minimum absolute atomic E-state index is 0.106. The third-order valence-electron chi connectivity index (χ3n) is 4.73. The smallest absolute Gasteiger partial charge is 0.471 e. The Hall–Kier alpha value is -1.72. The van der Waals surface area contributed by atoms with Crippen molar-refractivity contribution in [2.75, 3.05) is 6.54 Å². The number of alkyl halides is 3. The van der Waals surface area contributed by atoms with Gasteiger partial charge in [0.2, 0.25) is 0 Å². The lowest BCUT2D eigenvalue weighted by Gasteiger charge is -2.49. The highest BCUT2D eigenvalue weighted by Gasteiger charge is 2.50. The van der Waals surface area contributed by atoms with Gasteiger partial charge in [-0.1, -0.05) is 13.0 Å². The predicted octanol–water partition coefficient (Wildman–Crippen LogP) is 2.76. The van der Waals surface area contributed by atoms with Crippen molar-refractivity contribution in [1.82, 2.24) is 4.90 Å². The number of halogens is 3. The molecule has 2 aliphatic rings. The molecule has 114 valence electrons. The van der Waals surface area contributed by atoms with Crippen LogP contribution < -0.4 is 0 Å². The second-order valence-electron chi connectivity index (χ2n) is 6.21. The molecule has 2 bridgehead atoms. The highest BCUT2D eigenvalue weighted by atomic mass is 19.4. The molecule has 1 heterocycles. The fraction of sp³-hybridized carbons (Fsp3) is 0.533. The summed E-state index contributed by atoms with van der Waals surface area (Å²) in [6.45, 7) is 2.10. The Bertz CT molecular complexity index is 599. The quantitative estimate of drug-likeness (QED) is 0.800. The number of hydrogen-bond donors (Lipinski definition) is 1. The first-order valence-corrected chi connectivity index (χ1v) is 6.91. The fourth-order valence-corrected chi connectivity index (χ4v) is 3.70. The van der Waals surface area contributed by atoms with E-state index >= 15 is 0 Å². The number of hydrogen-bond acceptors (Lipinski definition) is 2.